The van der Waals surface area contributed by atoms with Crippen LogP contribution in [0, 0.1) is 0 Å². The van der Waals surface area contributed by atoms with Crippen molar-refractivity contribution in [3.8, 4) is 5.75 Å². The molecule has 0 bridgehead atoms. The summed E-state index contributed by atoms with van der Waals surface area (Å²) in [5.41, 5.74) is 3.51. The van der Waals surface area contributed by atoms with Crippen LogP contribution < -0.4 is 15.0 Å². The van der Waals surface area contributed by atoms with Crippen molar-refractivity contribution < 1.29 is 19.1 Å². The quantitative estimate of drug-likeness (QED) is 0.241. The van der Waals surface area contributed by atoms with E-state index in [9.17, 15) is 14.4 Å². The maximum absolute atomic E-state index is 13.6. The Morgan fingerprint density at radius 2 is 1.85 bits per heavy atom. The molecule has 1 aliphatic rings. The van der Waals surface area contributed by atoms with Gasteiger partial charge in [0.05, 0.1) is 5.69 Å². The highest BCUT2D eigenvalue weighted by molar-refractivity contribution is 6.19. The van der Waals surface area contributed by atoms with Crippen molar-refractivity contribution in [1.29, 1.82) is 0 Å². The molecule has 0 radical (unpaired) electrons. The number of rotatable bonds is 4. The first-order valence-corrected chi connectivity index (χ1v) is 11.4. The Kier molecular flexibility index (Phi) is 5.49. The number of H-pyrrole nitrogens is 1. The number of aromatic nitrogens is 1. The highest BCUT2D eigenvalue weighted by atomic mass is 35.5. The zero-order valence-corrected chi connectivity index (χ0v) is 19.4. The largest absolute Gasteiger partial charge is 0.426 e. The van der Waals surface area contributed by atoms with E-state index in [0.717, 1.165) is 27.2 Å². The zero-order valence-electron chi connectivity index (χ0n) is 18.6. The number of carbonyl (C=O) groups excluding carboxylic acids is 3. The van der Waals surface area contributed by atoms with Gasteiger partial charge in [0.25, 0.3) is 5.91 Å². The van der Waals surface area contributed by atoms with Crippen LogP contribution in [0.5, 0.6) is 5.75 Å². The van der Waals surface area contributed by atoms with Gasteiger partial charge in [0.15, 0.2) is 0 Å². The standard InChI is InChI=1S/C26H22ClN3O4/c1-14(31)28-18-7-8-21-16(9-18)10-22(29-21)26(33)30-13-17(12-27)25-20-6-4-3-5-19(20)24(11-23(25)30)34-15(2)32/h3-11,17,29H,12-13H2,1-2H3,(H,28,31). The topological polar surface area (TPSA) is 91.5 Å². The lowest BCUT2D eigenvalue weighted by Gasteiger charge is -2.18. The fourth-order valence-electron chi connectivity index (χ4n) is 4.64. The molecule has 172 valence electrons. The molecule has 1 unspecified atom stereocenters. The van der Waals surface area contributed by atoms with E-state index in [4.69, 9.17) is 16.3 Å². The average molecular weight is 476 g/mol. The summed E-state index contributed by atoms with van der Waals surface area (Å²) in [7, 11) is 0. The predicted octanol–water partition coefficient (Wildman–Crippen LogP) is 5.19. The number of hydrogen-bond donors (Lipinski definition) is 2. The summed E-state index contributed by atoms with van der Waals surface area (Å²) in [5.74, 6) is -0.113. The molecule has 3 aromatic carbocycles. The highest BCUT2D eigenvalue weighted by Crippen LogP contribution is 2.46. The SMILES string of the molecule is CC(=O)Nc1ccc2[nH]c(C(=O)N3CC(CCl)c4c3cc(OC(C)=O)c3ccccc43)cc2c1. The number of nitrogens with zero attached hydrogens (tertiary/aromatic N) is 1. The molecule has 7 nitrogen and oxygen atoms in total. The molecule has 0 fully saturated rings. The molecule has 1 aliphatic heterocycles. The molecule has 0 saturated heterocycles. The molecule has 2 amide bonds. The van der Waals surface area contributed by atoms with Crippen molar-refractivity contribution in [2.75, 3.05) is 22.6 Å². The number of anilines is 2. The number of ether oxygens (including phenoxy) is 1. The Hall–Kier alpha value is -3.84. The summed E-state index contributed by atoms with van der Waals surface area (Å²) in [6, 6.07) is 16.6. The van der Waals surface area contributed by atoms with E-state index in [1.807, 2.05) is 36.4 Å². The summed E-state index contributed by atoms with van der Waals surface area (Å²) in [6.07, 6.45) is 0. The predicted molar refractivity (Wildman–Crippen MR) is 133 cm³/mol. The van der Waals surface area contributed by atoms with Gasteiger partial charge in [0.1, 0.15) is 11.4 Å². The second kappa shape index (κ2) is 8.50. The van der Waals surface area contributed by atoms with Gasteiger partial charge in [-0.05, 0) is 35.2 Å². The lowest BCUT2D eigenvalue weighted by molar-refractivity contribution is -0.131. The molecular weight excluding hydrogens is 454 g/mol. The number of halogens is 1. The van der Waals surface area contributed by atoms with E-state index in [1.165, 1.54) is 13.8 Å². The number of esters is 1. The average Bonchev–Trinajstić information content (AvgIpc) is 3.39. The van der Waals surface area contributed by atoms with Crippen LogP contribution in [0.2, 0.25) is 0 Å². The van der Waals surface area contributed by atoms with Crippen LogP contribution in [-0.4, -0.2) is 35.2 Å². The molecule has 34 heavy (non-hydrogen) atoms. The van der Waals surface area contributed by atoms with Crippen molar-refractivity contribution in [3.63, 3.8) is 0 Å². The van der Waals surface area contributed by atoms with E-state index in [1.54, 1.807) is 23.1 Å². The second-order valence-corrected chi connectivity index (χ2v) is 8.69. The minimum atomic E-state index is -0.430. The third-order valence-corrected chi connectivity index (χ3v) is 6.36. The summed E-state index contributed by atoms with van der Waals surface area (Å²) in [4.78, 5) is 41.6. The van der Waals surface area contributed by atoms with Crippen molar-refractivity contribution in [1.82, 2.24) is 4.98 Å². The van der Waals surface area contributed by atoms with Gasteiger partial charge in [-0.2, -0.15) is 0 Å². The fourth-order valence-corrected chi connectivity index (χ4v) is 4.90. The number of aromatic amines is 1. The number of amides is 2. The fraction of sp³-hybridized carbons (Fsp3) is 0.192. The van der Waals surface area contributed by atoms with Crippen molar-refractivity contribution in [3.05, 3.63) is 65.9 Å². The Bertz CT molecular complexity index is 1480. The van der Waals surface area contributed by atoms with Crippen LogP contribution in [0.4, 0.5) is 11.4 Å². The van der Waals surface area contributed by atoms with Crippen LogP contribution in [-0.2, 0) is 9.59 Å². The van der Waals surface area contributed by atoms with E-state index >= 15 is 0 Å². The Balaban J connectivity index is 1.59. The minimum absolute atomic E-state index is 0.0624. The molecule has 0 saturated carbocycles. The van der Waals surface area contributed by atoms with Crippen LogP contribution in [0.3, 0.4) is 0 Å². The van der Waals surface area contributed by atoms with Gasteiger partial charge in [-0.25, -0.2) is 0 Å². The number of benzene rings is 3. The van der Waals surface area contributed by atoms with E-state index in [2.05, 4.69) is 10.3 Å². The number of carbonyl (C=O) groups is 3. The van der Waals surface area contributed by atoms with Gasteiger partial charge in [0, 0.05) is 60.2 Å². The van der Waals surface area contributed by atoms with Crippen LogP contribution in [0.15, 0.2) is 54.6 Å². The van der Waals surface area contributed by atoms with Gasteiger partial charge >= 0.3 is 5.97 Å². The zero-order chi connectivity index (χ0) is 24.0. The number of hydrogen-bond acceptors (Lipinski definition) is 4. The van der Waals surface area contributed by atoms with Gasteiger partial charge in [-0.1, -0.05) is 24.3 Å². The molecule has 2 N–H and O–H groups in total. The number of fused-ring (bicyclic) bond motifs is 4. The third-order valence-electron chi connectivity index (χ3n) is 5.99. The van der Waals surface area contributed by atoms with Gasteiger partial charge in [-0.15, -0.1) is 11.6 Å². The highest BCUT2D eigenvalue weighted by Gasteiger charge is 2.35. The minimum Gasteiger partial charge on any atom is -0.426 e. The first-order chi connectivity index (χ1) is 16.4. The molecule has 1 atom stereocenters. The Morgan fingerprint density at radius 1 is 1.09 bits per heavy atom. The molecule has 4 aromatic rings. The summed E-state index contributed by atoms with van der Waals surface area (Å²) in [6.45, 7) is 3.21. The lowest BCUT2D eigenvalue weighted by Crippen LogP contribution is -2.30. The monoisotopic (exact) mass is 475 g/mol. The smallest absolute Gasteiger partial charge is 0.308 e. The summed E-state index contributed by atoms with van der Waals surface area (Å²) in [5, 5.41) is 5.27. The molecule has 8 heteroatoms. The van der Waals surface area contributed by atoms with Gasteiger partial charge < -0.3 is 19.9 Å². The van der Waals surface area contributed by atoms with Crippen molar-refractivity contribution in [2.24, 2.45) is 0 Å². The van der Waals surface area contributed by atoms with E-state index in [-0.39, 0.29) is 17.7 Å². The number of alkyl halides is 1. The lowest BCUT2D eigenvalue weighted by atomic mass is 9.95. The van der Waals surface area contributed by atoms with Gasteiger partial charge in [0.2, 0.25) is 5.91 Å². The first kappa shape index (κ1) is 22.0. The maximum Gasteiger partial charge on any atom is 0.308 e. The summed E-state index contributed by atoms with van der Waals surface area (Å²) < 4.78 is 5.50. The van der Waals surface area contributed by atoms with Crippen LogP contribution in [0.1, 0.15) is 35.8 Å². The first-order valence-electron chi connectivity index (χ1n) is 10.9. The molecule has 5 rings (SSSR count). The Labute approximate surface area is 200 Å². The van der Waals surface area contributed by atoms with Crippen LogP contribution in [0.25, 0.3) is 21.7 Å². The van der Waals surface area contributed by atoms with Crippen LogP contribution >= 0.6 is 11.6 Å². The Morgan fingerprint density at radius 3 is 2.56 bits per heavy atom. The van der Waals surface area contributed by atoms with Crippen molar-refractivity contribution >= 4 is 62.4 Å². The summed E-state index contributed by atoms with van der Waals surface area (Å²) >= 11 is 6.33. The van der Waals surface area contributed by atoms with Crippen molar-refractivity contribution in [2.45, 2.75) is 19.8 Å². The van der Waals surface area contributed by atoms with E-state index < -0.39 is 5.97 Å². The molecule has 0 spiro atoms. The third kappa shape index (κ3) is 3.78. The number of nitrogens with one attached hydrogen (secondary N) is 2. The molecular formula is C26H22ClN3O4. The molecule has 2 heterocycles. The second-order valence-electron chi connectivity index (χ2n) is 8.38. The van der Waals surface area contributed by atoms with E-state index in [0.29, 0.717) is 35.2 Å². The normalized spacial score (nSPS) is 14.9. The molecule has 0 aliphatic carbocycles. The maximum atomic E-state index is 13.6. The molecule has 1 aromatic heterocycles. The van der Waals surface area contributed by atoms with Gasteiger partial charge in [-0.3, -0.25) is 14.4 Å².